The van der Waals surface area contributed by atoms with E-state index in [2.05, 4.69) is 54.9 Å². The highest BCUT2D eigenvalue weighted by atomic mass is 14.9. The minimum atomic E-state index is 0.546. The van der Waals surface area contributed by atoms with Gasteiger partial charge in [0.2, 0.25) is 0 Å². The summed E-state index contributed by atoms with van der Waals surface area (Å²) in [5.74, 6) is 2.17. The molecule has 0 bridgehead atoms. The third-order valence-electron chi connectivity index (χ3n) is 5.49. The molecule has 0 aromatic heterocycles. The van der Waals surface area contributed by atoms with Crippen molar-refractivity contribution in [3.63, 3.8) is 0 Å². The van der Waals surface area contributed by atoms with Crippen LogP contribution in [0.15, 0.2) is 48.1 Å². The Morgan fingerprint density at radius 1 is 1.11 bits per heavy atom. The summed E-state index contributed by atoms with van der Waals surface area (Å²) < 4.78 is 0. The second-order valence-corrected chi connectivity index (χ2v) is 6.39. The number of hydrogen-bond donors (Lipinski definition) is 1. The fraction of sp³-hybridized carbons (Fsp3) is 0.529. The van der Waals surface area contributed by atoms with Crippen LogP contribution in [0.2, 0.25) is 0 Å². The Morgan fingerprint density at radius 3 is 2.72 bits per heavy atom. The van der Waals surface area contributed by atoms with E-state index in [1.807, 2.05) is 0 Å². The number of hydrogen-bond acceptors (Lipinski definition) is 1. The summed E-state index contributed by atoms with van der Waals surface area (Å²) in [5, 5.41) is 3.47. The molecule has 5 atom stereocenters. The van der Waals surface area contributed by atoms with Crippen LogP contribution in [0.1, 0.15) is 19.3 Å². The minimum Gasteiger partial charge on any atom is -0.317 e. The van der Waals surface area contributed by atoms with E-state index in [4.69, 9.17) is 0 Å². The lowest BCUT2D eigenvalue weighted by Crippen LogP contribution is -2.25. The third kappa shape index (κ3) is 1.43. The fourth-order valence-corrected chi connectivity index (χ4v) is 4.31. The summed E-state index contributed by atoms with van der Waals surface area (Å²) in [6.45, 7) is 0. The maximum absolute atomic E-state index is 3.47. The van der Waals surface area contributed by atoms with Gasteiger partial charge in [0, 0.05) is 17.9 Å². The highest BCUT2D eigenvalue weighted by Crippen LogP contribution is 2.68. The predicted octanol–water partition coefficient (Wildman–Crippen LogP) is 3.23. The molecule has 0 aromatic carbocycles. The van der Waals surface area contributed by atoms with Gasteiger partial charge in [-0.2, -0.15) is 0 Å². The van der Waals surface area contributed by atoms with Gasteiger partial charge in [-0.05, 0) is 43.2 Å². The van der Waals surface area contributed by atoms with Gasteiger partial charge in [0.15, 0.2) is 0 Å². The molecule has 2 fully saturated rings. The van der Waals surface area contributed by atoms with Crippen LogP contribution >= 0.6 is 0 Å². The monoisotopic (exact) mass is 239 g/mol. The summed E-state index contributed by atoms with van der Waals surface area (Å²) in [4.78, 5) is 0. The van der Waals surface area contributed by atoms with Crippen molar-refractivity contribution in [3.8, 4) is 0 Å². The highest BCUT2D eigenvalue weighted by molar-refractivity contribution is 5.42. The van der Waals surface area contributed by atoms with E-state index < -0.39 is 0 Å². The summed E-state index contributed by atoms with van der Waals surface area (Å²) in [6.07, 6.45) is 20.6. The zero-order chi connectivity index (χ0) is 12.2. The van der Waals surface area contributed by atoms with Crippen molar-refractivity contribution >= 4 is 0 Å². The molecular weight excluding hydrogens is 218 g/mol. The van der Waals surface area contributed by atoms with Crippen LogP contribution < -0.4 is 5.32 Å². The molecule has 1 heteroatoms. The Morgan fingerprint density at radius 2 is 1.94 bits per heavy atom. The molecule has 18 heavy (non-hydrogen) atoms. The van der Waals surface area contributed by atoms with Crippen molar-refractivity contribution in [3.05, 3.63) is 48.1 Å². The Kier molecular flexibility index (Phi) is 2.23. The molecule has 0 aliphatic heterocycles. The van der Waals surface area contributed by atoms with Crippen LogP contribution in [0.4, 0.5) is 0 Å². The maximum atomic E-state index is 3.47. The first-order chi connectivity index (χ1) is 8.82. The normalized spacial score (nSPS) is 47.7. The molecule has 0 amide bonds. The number of allylic oxidation sites excluding steroid dienone is 8. The van der Waals surface area contributed by atoms with Crippen molar-refractivity contribution in [2.24, 2.45) is 23.2 Å². The standard InChI is InChI=1S/C17H21N/c1-18-16-9-15-10-17(15,11-16)14-7-6-12-4-2-3-5-13(12)8-14/h2-8,12-13,15-16,18H,9-11H2,1H3. The summed E-state index contributed by atoms with van der Waals surface area (Å²) >= 11 is 0. The van der Waals surface area contributed by atoms with Gasteiger partial charge in [-0.3, -0.25) is 0 Å². The van der Waals surface area contributed by atoms with E-state index in [0.29, 0.717) is 17.3 Å². The number of rotatable bonds is 2. The van der Waals surface area contributed by atoms with E-state index >= 15 is 0 Å². The maximum Gasteiger partial charge on any atom is 0.00756 e. The topological polar surface area (TPSA) is 12.0 Å². The quantitative estimate of drug-likeness (QED) is 0.780. The number of fused-ring (bicyclic) bond motifs is 2. The van der Waals surface area contributed by atoms with E-state index in [9.17, 15) is 0 Å². The van der Waals surface area contributed by atoms with Crippen molar-refractivity contribution < 1.29 is 0 Å². The summed E-state index contributed by atoms with van der Waals surface area (Å²) in [5.41, 5.74) is 2.18. The van der Waals surface area contributed by atoms with Gasteiger partial charge in [0.25, 0.3) is 0 Å². The molecule has 4 aliphatic carbocycles. The fourth-order valence-electron chi connectivity index (χ4n) is 4.31. The van der Waals surface area contributed by atoms with Crippen molar-refractivity contribution in [1.82, 2.24) is 5.32 Å². The third-order valence-corrected chi connectivity index (χ3v) is 5.49. The first kappa shape index (κ1) is 10.8. The SMILES string of the molecule is CNC1CC2CC2(C2=CC3C=CC=CC3C=C2)C1. The zero-order valence-corrected chi connectivity index (χ0v) is 11.0. The van der Waals surface area contributed by atoms with Gasteiger partial charge in [-0.1, -0.05) is 42.5 Å². The first-order valence-corrected chi connectivity index (χ1v) is 7.24. The van der Waals surface area contributed by atoms with Crippen molar-refractivity contribution in [1.29, 1.82) is 0 Å². The van der Waals surface area contributed by atoms with E-state index in [0.717, 1.165) is 12.0 Å². The van der Waals surface area contributed by atoms with Gasteiger partial charge in [0.1, 0.15) is 0 Å². The Balaban J connectivity index is 1.60. The molecule has 4 aliphatic rings. The molecular formula is C17H21N. The number of nitrogens with one attached hydrogen (secondary N) is 1. The summed E-state index contributed by atoms with van der Waals surface area (Å²) in [6, 6.07) is 0.748. The van der Waals surface area contributed by atoms with Gasteiger partial charge >= 0.3 is 0 Å². The van der Waals surface area contributed by atoms with Crippen LogP contribution in [0.5, 0.6) is 0 Å². The average molecular weight is 239 g/mol. The molecule has 0 spiro atoms. The van der Waals surface area contributed by atoms with Gasteiger partial charge in [-0.15, -0.1) is 0 Å². The smallest absolute Gasteiger partial charge is 0.00756 e. The highest BCUT2D eigenvalue weighted by Gasteiger charge is 2.61. The molecule has 2 saturated carbocycles. The lowest BCUT2D eigenvalue weighted by molar-refractivity contribution is 0.482. The van der Waals surface area contributed by atoms with Gasteiger partial charge in [0.05, 0.1) is 0 Å². The van der Waals surface area contributed by atoms with Gasteiger partial charge < -0.3 is 5.32 Å². The molecule has 1 nitrogen and oxygen atoms in total. The zero-order valence-electron chi connectivity index (χ0n) is 11.0. The second-order valence-electron chi connectivity index (χ2n) is 6.39. The van der Waals surface area contributed by atoms with E-state index in [1.165, 1.54) is 19.3 Å². The summed E-state index contributed by atoms with van der Waals surface area (Å²) in [7, 11) is 2.11. The van der Waals surface area contributed by atoms with Crippen LogP contribution in [-0.2, 0) is 0 Å². The van der Waals surface area contributed by atoms with Crippen LogP contribution in [0.25, 0.3) is 0 Å². The lowest BCUT2D eigenvalue weighted by Gasteiger charge is -2.27. The van der Waals surface area contributed by atoms with Crippen LogP contribution in [-0.4, -0.2) is 13.1 Å². The van der Waals surface area contributed by atoms with Crippen molar-refractivity contribution in [2.45, 2.75) is 25.3 Å². The molecule has 5 unspecified atom stereocenters. The second kappa shape index (κ2) is 3.71. The largest absolute Gasteiger partial charge is 0.317 e. The molecule has 4 rings (SSSR count). The van der Waals surface area contributed by atoms with Crippen molar-refractivity contribution in [2.75, 3.05) is 7.05 Å². The molecule has 0 radical (unpaired) electrons. The van der Waals surface area contributed by atoms with Gasteiger partial charge in [-0.25, -0.2) is 0 Å². The Labute approximate surface area is 109 Å². The van der Waals surface area contributed by atoms with E-state index in [-0.39, 0.29) is 0 Å². The molecule has 0 saturated heterocycles. The molecule has 94 valence electrons. The molecule has 0 aromatic rings. The van der Waals surface area contributed by atoms with Crippen LogP contribution in [0.3, 0.4) is 0 Å². The Hall–Kier alpha value is -1.08. The average Bonchev–Trinajstić information content (AvgIpc) is 3.01. The lowest BCUT2D eigenvalue weighted by atomic mass is 9.78. The molecule has 0 heterocycles. The molecule has 1 N–H and O–H groups in total. The predicted molar refractivity (Wildman–Crippen MR) is 75.1 cm³/mol. The minimum absolute atomic E-state index is 0.546. The first-order valence-electron chi connectivity index (χ1n) is 7.24. The van der Waals surface area contributed by atoms with E-state index in [1.54, 1.807) is 5.57 Å². The van der Waals surface area contributed by atoms with Crippen LogP contribution in [0, 0.1) is 23.2 Å². The Bertz CT molecular complexity index is 482.